The highest BCUT2D eigenvalue weighted by atomic mass is 32.2. The summed E-state index contributed by atoms with van der Waals surface area (Å²) in [6, 6.07) is 0. The van der Waals surface area contributed by atoms with Crippen LogP contribution < -0.4 is 5.32 Å². The van der Waals surface area contributed by atoms with Gasteiger partial charge in [0.2, 0.25) is 11.8 Å². The van der Waals surface area contributed by atoms with Gasteiger partial charge in [0.05, 0.1) is 10.00 Å². The van der Waals surface area contributed by atoms with Crippen molar-refractivity contribution in [2.45, 2.75) is 31.8 Å². The number of rotatable bonds is 5. The molecule has 1 aliphatic heterocycles. The Kier molecular flexibility index (Phi) is 4.73. The second-order valence-corrected chi connectivity index (χ2v) is 7.69. The van der Waals surface area contributed by atoms with Gasteiger partial charge in [-0.2, -0.15) is 0 Å². The molecule has 1 heterocycles. The van der Waals surface area contributed by atoms with Gasteiger partial charge in [-0.3, -0.25) is 14.9 Å². The first-order valence-corrected chi connectivity index (χ1v) is 7.56. The molecule has 1 aliphatic rings. The van der Waals surface area contributed by atoms with Gasteiger partial charge in [0.15, 0.2) is 0 Å². The molecule has 92 valence electrons. The third-order valence-corrected chi connectivity index (χ3v) is 5.81. The van der Waals surface area contributed by atoms with Crippen LogP contribution in [0.1, 0.15) is 27.7 Å². The zero-order valence-electron chi connectivity index (χ0n) is 10.2. The maximum absolute atomic E-state index is 11.8. The maximum Gasteiger partial charge on any atom is 0.232 e. The van der Waals surface area contributed by atoms with Crippen molar-refractivity contribution in [3.8, 4) is 0 Å². The minimum atomic E-state index is -0.213. The predicted octanol–water partition coefficient (Wildman–Crippen LogP) is 2.12. The fraction of sp³-hybridized carbons (Fsp3) is 0.818. The van der Waals surface area contributed by atoms with Crippen molar-refractivity contribution < 1.29 is 9.59 Å². The van der Waals surface area contributed by atoms with E-state index >= 15 is 0 Å². The van der Waals surface area contributed by atoms with E-state index in [1.54, 1.807) is 23.5 Å². The molecular formula is C11H19NO2S2. The van der Waals surface area contributed by atoms with Crippen LogP contribution in [0.5, 0.6) is 0 Å². The fourth-order valence-electron chi connectivity index (χ4n) is 2.18. The SMILES string of the molecule is CCSC(C)(SCC)C1C(=O)NC(=O)C1C. The molecule has 1 saturated heterocycles. The van der Waals surface area contributed by atoms with Gasteiger partial charge in [-0.1, -0.05) is 20.8 Å². The number of imide groups is 1. The minimum absolute atomic E-state index is 0.109. The highest BCUT2D eigenvalue weighted by molar-refractivity contribution is 8.18. The molecule has 0 aromatic carbocycles. The zero-order valence-corrected chi connectivity index (χ0v) is 11.8. The summed E-state index contributed by atoms with van der Waals surface area (Å²) in [4.78, 5) is 23.3. The van der Waals surface area contributed by atoms with E-state index < -0.39 is 0 Å². The first kappa shape index (κ1) is 13.9. The first-order chi connectivity index (χ1) is 7.46. The Bertz CT molecular complexity index is 288. The molecule has 1 rings (SSSR count). The number of thioether (sulfide) groups is 2. The van der Waals surface area contributed by atoms with E-state index in [2.05, 4.69) is 26.1 Å². The standard InChI is InChI=1S/C11H19NO2S2/c1-5-15-11(4,16-6-2)8-7(3)9(13)12-10(8)14/h7-8H,5-6H2,1-4H3,(H,12,13,14). The minimum Gasteiger partial charge on any atom is -0.296 e. The van der Waals surface area contributed by atoms with E-state index in [0.29, 0.717) is 0 Å². The van der Waals surface area contributed by atoms with Crippen LogP contribution in [0.2, 0.25) is 0 Å². The van der Waals surface area contributed by atoms with Crippen molar-refractivity contribution in [3.63, 3.8) is 0 Å². The Morgan fingerprint density at radius 1 is 1.19 bits per heavy atom. The van der Waals surface area contributed by atoms with Gasteiger partial charge in [-0.15, -0.1) is 23.5 Å². The molecule has 2 atom stereocenters. The van der Waals surface area contributed by atoms with Crippen LogP contribution >= 0.6 is 23.5 Å². The number of hydrogen-bond donors (Lipinski definition) is 1. The Labute approximate surface area is 106 Å². The maximum atomic E-state index is 11.8. The first-order valence-electron chi connectivity index (χ1n) is 5.58. The Hall–Kier alpha value is -0.160. The number of nitrogens with one attached hydrogen (secondary N) is 1. The van der Waals surface area contributed by atoms with Gasteiger partial charge in [0, 0.05) is 5.92 Å². The van der Waals surface area contributed by atoms with Crippen LogP contribution in [-0.2, 0) is 9.59 Å². The summed E-state index contributed by atoms with van der Waals surface area (Å²) >= 11 is 3.52. The fourth-order valence-corrected chi connectivity index (χ4v) is 5.35. The molecule has 0 spiro atoms. The number of amides is 2. The summed E-state index contributed by atoms with van der Waals surface area (Å²) in [6.45, 7) is 8.08. The van der Waals surface area contributed by atoms with Crippen molar-refractivity contribution in [1.82, 2.24) is 5.32 Å². The molecule has 1 fully saturated rings. The van der Waals surface area contributed by atoms with E-state index in [1.165, 1.54) is 0 Å². The lowest BCUT2D eigenvalue weighted by Crippen LogP contribution is -2.36. The topological polar surface area (TPSA) is 46.2 Å². The molecule has 0 bridgehead atoms. The average molecular weight is 261 g/mol. The van der Waals surface area contributed by atoms with Crippen LogP contribution in [0.15, 0.2) is 0 Å². The monoisotopic (exact) mass is 261 g/mol. The van der Waals surface area contributed by atoms with Crippen molar-refractivity contribution in [2.75, 3.05) is 11.5 Å². The largest absolute Gasteiger partial charge is 0.296 e. The van der Waals surface area contributed by atoms with E-state index in [9.17, 15) is 9.59 Å². The van der Waals surface area contributed by atoms with Crippen LogP contribution in [0.25, 0.3) is 0 Å². The molecular weight excluding hydrogens is 242 g/mol. The quantitative estimate of drug-likeness (QED) is 0.608. The lowest BCUT2D eigenvalue weighted by molar-refractivity contribution is -0.126. The molecule has 0 aromatic heterocycles. The molecule has 16 heavy (non-hydrogen) atoms. The van der Waals surface area contributed by atoms with Gasteiger partial charge in [-0.25, -0.2) is 0 Å². The normalized spacial score (nSPS) is 26.0. The van der Waals surface area contributed by atoms with Gasteiger partial charge in [0.25, 0.3) is 0 Å². The van der Waals surface area contributed by atoms with Crippen molar-refractivity contribution in [2.24, 2.45) is 11.8 Å². The molecule has 0 aliphatic carbocycles. The van der Waals surface area contributed by atoms with E-state index in [1.807, 2.05) is 6.92 Å². The summed E-state index contributed by atoms with van der Waals surface area (Å²) in [5.41, 5.74) is 0. The van der Waals surface area contributed by atoms with E-state index in [0.717, 1.165) is 11.5 Å². The van der Waals surface area contributed by atoms with Gasteiger partial charge < -0.3 is 0 Å². The van der Waals surface area contributed by atoms with Crippen LogP contribution in [0.4, 0.5) is 0 Å². The third kappa shape index (κ3) is 2.56. The van der Waals surface area contributed by atoms with Gasteiger partial charge >= 0.3 is 0 Å². The summed E-state index contributed by atoms with van der Waals surface area (Å²) in [5, 5.41) is 2.43. The Balaban J connectivity index is 2.93. The molecule has 3 nitrogen and oxygen atoms in total. The molecule has 2 unspecified atom stereocenters. The second kappa shape index (κ2) is 5.45. The summed E-state index contributed by atoms with van der Waals surface area (Å²) in [6.07, 6.45) is 0. The van der Waals surface area contributed by atoms with Crippen LogP contribution in [0.3, 0.4) is 0 Å². The third-order valence-electron chi connectivity index (χ3n) is 2.87. The Morgan fingerprint density at radius 3 is 2.00 bits per heavy atom. The van der Waals surface area contributed by atoms with Gasteiger partial charge in [-0.05, 0) is 18.4 Å². The smallest absolute Gasteiger partial charge is 0.232 e. The van der Waals surface area contributed by atoms with E-state index in [-0.39, 0.29) is 27.7 Å². The molecule has 0 aromatic rings. The molecule has 5 heteroatoms. The summed E-state index contributed by atoms with van der Waals surface area (Å²) < 4.78 is -0.195. The van der Waals surface area contributed by atoms with Crippen LogP contribution in [0, 0.1) is 11.8 Å². The molecule has 2 amide bonds. The summed E-state index contributed by atoms with van der Waals surface area (Å²) in [5.74, 6) is 1.24. The highest BCUT2D eigenvalue weighted by Crippen LogP contribution is 2.47. The molecule has 0 saturated carbocycles. The van der Waals surface area contributed by atoms with Gasteiger partial charge in [0.1, 0.15) is 0 Å². The number of hydrogen-bond acceptors (Lipinski definition) is 4. The lowest BCUT2D eigenvalue weighted by Gasteiger charge is -2.33. The van der Waals surface area contributed by atoms with Crippen molar-refractivity contribution in [3.05, 3.63) is 0 Å². The second-order valence-electron chi connectivity index (χ2n) is 4.00. The van der Waals surface area contributed by atoms with Crippen LogP contribution in [-0.4, -0.2) is 27.4 Å². The molecule has 1 N–H and O–H groups in total. The lowest BCUT2D eigenvalue weighted by atomic mass is 9.93. The zero-order chi connectivity index (χ0) is 12.3. The summed E-state index contributed by atoms with van der Waals surface area (Å²) in [7, 11) is 0. The molecule has 0 radical (unpaired) electrons. The number of carbonyl (C=O) groups excluding carboxylic acids is 2. The van der Waals surface area contributed by atoms with Crippen molar-refractivity contribution in [1.29, 1.82) is 0 Å². The van der Waals surface area contributed by atoms with E-state index in [4.69, 9.17) is 0 Å². The predicted molar refractivity (Wildman–Crippen MR) is 70.5 cm³/mol. The highest BCUT2D eigenvalue weighted by Gasteiger charge is 2.49. The van der Waals surface area contributed by atoms with Crippen molar-refractivity contribution >= 4 is 35.3 Å². The number of carbonyl (C=O) groups is 2. The average Bonchev–Trinajstić information content (AvgIpc) is 2.42. The Morgan fingerprint density at radius 2 is 1.69 bits per heavy atom.